The minimum absolute atomic E-state index is 0.0394. The summed E-state index contributed by atoms with van der Waals surface area (Å²) in [5.74, 6) is -0.208. The fraction of sp³-hybridized carbons (Fsp3) is 0.400. The number of esters is 1. The lowest BCUT2D eigenvalue weighted by Crippen LogP contribution is -2.17. The van der Waals surface area contributed by atoms with Crippen molar-refractivity contribution in [1.29, 1.82) is 0 Å². The molecule has 1 aromatic heterocycles. The van der Waals surface area contributed by atoms with Crippen molar-refractivity contribution in [2.24, 2.45) is 0 Å². The zero-order valence-corrected chi connectivity index (χ0v) is 9.85. The summed E-state index contributed by atoms with van der Waals surface area (Å²) in [5.41, 5.74) is -0.214. The first-order valence-corrected chi connectivity index (χ1v) is 5.23. The van der Waals surface area contributed by atoms with E-state index in [2.05, 4.69) is 15.0 Å². The summed E-state index contributed by atoms with van der Waals surface area (Å²) in [7, 11) is 1.27. The van der Waals surface area contributed by atoms with E-state index in [0.29, 0.717) is 12.4 Å². The lowest BCUT2D eigenvalue weighted by Gasteiger charge is -2.09. The molecule has 0 aromatic carbocycles. The van der Waals surface area contributed by atoms with Gasteiger partial charge in [-0.25, -0.2) is 4.79 Å². The van der Waals surface area contributed by atoms with Crippen LogP contribution < -0.4 is 10.9 Å². The second kappa shape index (κ2) is 5.55. The van der Waals surface area contributed by atoms with Crippen LogP contribution in [0.15, 0.2) is 10.9 Å². The van der Waals surface area contributed by atoms with Gasteiger partial charge in [0.2, 0.25) is 0 Å². The van der Waals surface area contributed by atoms with Crippen LogP contribution in [0, 0.1) is 0 Å². The largest absolute Gasteiger partial charge is 0.465 e. The summed E-state index contributed by atoms with van der Waals surface area (Å²) >= 11 is 5.64. The van der Waals surface area contributed by atoms with Gasteiger partial charge in [0, 0.05) is 6.54 Å². The van der Waals surface area contributed by atoms with Crippen LogP contribution in [0.4, 0.5) is 5.82 Å². The third-order valence-electron chi connectivity index (χ3n) is 1.95. The van der Waals surface area contributed by atoms with Crippen molar-refractivity contribution in [2.45, 2.75) is 13.3 Å². The molecule has 0 aliphatic rings. The van der Waals surface area contributed by atoms with E-state index in [4.69, 9.17) is 11.6 Å². The number of carbonyl (C=O) groups is 1. The highest BCUT2D eigenvalue weighted by Crippen LogP contribution is 2.15. The Hall–Kier alpha value is -1.49. The first-order valence-electron chi connectivity index (χ1n) is 4.85. The van der Waals surface area contributed by atoms with E-state index < -0.39 is 11.5 Å². The fourth-order valence-corrected chi connectivity index (χ4v) is 1.32. The van der Waals surface area contributed by atoms with Gasteiger partial charge in [-0.15, -0.1) is 0 Å². The van der Waals surface area contributed by atoms with Crippen LogP contribution in [0.3, 0.4) is 0 Å². The number of hydrogen-bond acceptors (Lipinski definition) is 4. The second-order valence-electron chi connectivity index (χ2n) is 3.15. The normalized spacial score (nSPS) is 9.94. The first-order chi connectivity index (χ1) is 7.60. The van der Waals surface area contributed by atoms with Crippen LogP contribution in [-0.2, 0) is 4.74 Å². The number of aromatic nitrogens is 1. The smallest absolute Gasteiger partial charge is 0.341 e. The van der Waals surface area contributed by atoms with Gasteiger partial charge in [-0.1, -0.05) is 18.5 Å². The first kappa shape index (κ1) is 12.6. The van der Waals surface area contributed by atoms with E-state index in [0.717, 1.165) is 6.42 Å². The number of anilines is 1. The molecule has 0 saturated heterocycles. The summed E-state index contributed by atoms with van der Waals surface area (Å²) in [6, 6.07) is 1.30. The standard InChI is InChI=1S/C10H13ClN2O3/c1-3-4-12-8-6(10(15)16-2)5-7(11)9(14)13-8/h5H,3-4H2,1-2H3,(H2,12,13,14). The maximum atomic E-state index is 11.4. The summed E-state index contributed by atoms with van der Waals surface area (Å²) in [6.07, 6.45) is 0.866. The molecule has 2 N–H and O–H groups in total. The van der Waals surface area contributed by atoms with Crippen molar-refractivity contribution in [1.82, 2.24) is 4.98 Å². The average molecular weight is 245 g/mol. The summed E-state index contributed by atoms with van der Waals surface area (Å²) in [4.78, 5) is 25.2. The second-order valence-corrected chi connectivity index (χ2v) is 3.56. The van der Waals surface area contributed by atoms with Crippen LogP contribution in [0.5, 0.6) is 0 Å². The van der Waals surface area contributed by atoms with E-state index >= 15 is 0 Å². The molecule has 1 rings (SSSR count). The number of H-pyrrole nitrogens is 1. The molecule has 0 unspecified atom stereocenters. The topological polar surface area (TPSA) is 71.2 Å². The van der Waals surface area contributed by atoms with E-state index in [1.165, 1.54) is 13.2 Å². The zero-order chi connectivity index (χ0) is 12.1. The van der Waals surface area contributed by atoms with Gasteiger partial charge >= 0.3 is 5.97 Å². The Morgan fingerprint density at radius 1 is 1.62 bits per heavy atom. The van der Waals surface area contributed by atoms with Gasteiger partial charge in [-0.3, -0.25) is 4.79 Å². The summed E-state index contributed by atoms with van der Waals surface area (Å²) < 4.78 is 4.59. The number of hydrogen-bond donors (Lipinski definition) is 2. The fourth-order valence-electron chi connectivity index (χ4n) is 1.17. The molecule has 0 aliphatic heterocycles. The minimum atomic E-state index is -0.545. The average Bonchev–Trinajstić information content (AvgIpc) is 2.29. The van der Waals surface area contributed by atoms with Gasteiger partial charge in [0.15, 0.2) is 0 Å². The number of carbonyl (C=O) groups excluding carboxylic acids is 1. The van der Waals surface area contributed by atoms with Crippen molar-refractivity contribution < 1.29 is 9.53 Å². The molecule has 0 atom stereocenters. The van der Waals surface area contributed by atoms with Crippen molar-refractivity contribution in [2.75, 3.05) is 19.0 Å². The molecular weight excluding hydrogens is 232 g/mol. The Kier molecular flexibility index (Phi) is 4.37. The third kappa shape index (κ3) is 2.76. The van der Waals surface area contributed by atoms with Gasteiger partial charge in [0.05, 0.1) is 7.11 Å². The van der Waals surface area contributed by atoms with Crippen LogP contribution in [0.25, 0.3) is 0 Å². The van der Waals surface area contributed by atoms with Gasteiger partial charge in [-0.2, -0.15) is 0 Å². The molecule has 0 spiro atoms. The molecule has 1 aromatic rings. The number of nitrogens with one attached hydrogen (secondary N) is 2. The molecule has 6 heteroatoms. The van der Waals surface area contributed by atoms with Crippen LogP contribution in [-0.4, -0.2) is 24.6 Å². The van der Waals surface area contributed by atoms with E-state index in [1.54, 1.807) is 0 Å². The van der Waals surface area contributed by atoms with Crippen LogP contribution in [0.1, 0.15) is 23.7 Å². The quantitative estimate of drug-likeness (QED) is 0.790. The molecular formula is C10H13ClN2O3. The molecule has 1 heterocycles. The van der Waals surface area contributed by atoms with E-state index in [9.17, 15) is 9.59 Å². The number of aromatic amines is 1. The Bertz CT molecular complexity index is 442. The molecule has 5 nitrogen and oxygen atoms in total. The molecule has 0 fully saturated rings. The minimum Gasteiger partial charge on any atom is -0.465 e. The monoisotopic (exact) mass is 244 g/mol. The maximum absolute atomic E-state index is 11.4. The molecule has 0 amide bonds. The van der Waals surface area contributed by atoms with Gasteiger partial charge in [0.25, 0.3) is 5.56 Å². The Labute approximate surface area is 97.8 Å². The molecule has 16 heavy (non-hydrogen) atoms. The molecule has 0 bridgehead atoms. The molecule has 0 radical (unpaired) electrons. The third-order valence-corrected chi connectivity index (χ3v) is 2.23. The highest BCUT2D eigenvalue weighted by Gasteiger charge is 2.14. The number of ether oxygens (including phenoxy) is 1. The van der Waals surface area contributed by atoms with E-state index in [-0.39, 0.29) is 10.6 Å². The lowest BCUT2D eigenvalue weighted by molar-refractivity contribution is 0.0601. The van der Waals surface area contributed by atoms with Gasteiger partial charge in [0.1, 0.15) is 16.4 Å². The lowest BCUT2D eigenvalue weighted by atomic mass is 10.2. The Balaban J connectivity index is 3.16. The Morgan fingerprint density at radius 2 is 2.31 bits per heavy atom. The highest BCUT2D eigenvalue weighted by atomic mass is 35.5. The predicted molar refractivity (Wildman–Crippen MR) is 62.2 cm³/mol. The van der Waals surface area contributed by atoms with Crippen LogP contribution >= 0.6 is 11.6 Å². The SMILES string of the molecule is CCCNc1[nH]c(=O)c(Cl)cc1C(=O)OC. The molecule has 0 saturated carbocycles. The van der Waals surface area contributed by atoms with Crippen LogP contribution in [0.2, 0.25) is 5.02 Å². The van der Waals surface area contributed by atoms with Crippen molar-refractivity contribution >= 4 is 23.4 Å². The highest BCUT2D eigenvalue weighted by molar-refractivity contribution is 6.30. The zero-order valence-electron chi connectivity index (χ0n) is 9.09. The number of pyridine rings is 1. The maximum Gasteiger partial charge on any atom is 0.341 e. The van der Waals surface area contributed by atoms with E-state index in [1.807, 2.05) is 6.92 Å². The molecule has 0 aliphatic carbocycles. The predicted octanol–water partition coefficient (Wildman–Crippen LogP) is 1.64. The number of methoxy groups -OCH3 is 1. The molecule has 88 valence electrons. The number of rotatable bonds is 4. The van der Waals surface area contributed by atoms with Crippen molar-refractivity contribution in [3.8, 4) is 0 Å². The summed E-state index contributed by atoms with van der Waals surface area (Å²) in [5, 5.41) is 2.89. The van der Waals surface area contributed by atoms with Gasteiger partial charge in [-0.05, 0) is 12.5 Å². The van der Waals surface area contributed by atoms with Crippen molar-refractivity contribution in [3.05, 3.63) is 27.0 Å². The Morgan fingerprint density at radius 3 is 2.88 bits per heavy atom. The van der Waals surface area contributed by atoms with Crippen molar-refractivity contribution in [3.63, 3.8) is 0 Å². The number of halogens is 1. The van der Waals surface area contributed by atoms with Gasteiger partial charge < -0.3 is 15.0 Å². The summed E-state index contributed by atoms with van der Waals surface area (Å²) in [6.45, 7) is 2.61.